The average molecular weight is 206 g/mol. The van der Waals surface area contributed by atoms with E-state index >= 15 is 0 Å². The van der Waals surface area contributed by atoms with E-state index in [9.17, 15) is 0 Å². The zero-order valence-corrected chi connectivity index (χ0v) is 9.00. The molecular formula is C7H11OPS2. The van der Waals surface area contributed by atoms with Gasteiger partial charge in [0.05, 0.1) is 12.0 Å². The lowest BCUT2D eigenvalue weighted by molar-refractivity contribution is 0.530. The lowest BCUT2D eigenvalue weighted by atomic mass is 10.5. The fourth-order valence-corrected chi connectivity index (χ4v) is 1.17. The van der Waals surface area contributed by atoms with Crippen molar-refractivity contribution in [3.8, 4) is 0 Å². The van der Waals surface area contributed by atoms with Gasteiger partial charge in [-0.05, 0) is 25.9 Å². The molecular weight excluding hydrogens is 195 g/mol. The second-order valence-electron chi connectivity index (χ2n) is 1.72. The summed E-state index contributed by atoms with van der Waals surface area (Å²) in [7, 11) is 2.56. The van der Waals surface area contributed by atoms with Crippen LogP contribution < -0.4 is 0 Å². The van der Waals surface area contributed by atoms with E-state index in [4.69, 9.17) is 4.42 Å². The molecule has 0 radical (unpaired) electrons. The Morgan fingerprint density at radius 1 is 1.64 bits per heavy atom. The Hall–Kier alpha value is 0.150. The molecule has 1 aromatic heterocycles. The predicted octanol–water partition coefficient (Wildman–Crippen LogP) is 3.12. The molecule has 0 amide bonds. The first-order chi connectivity index (χ1) is 5.43. The third-order valence-corrected chi connectivity index (χ3v) is 1.93. The molecule has 4 heteroatoms. The fourth-order valence-electron chi connectivity index (χ4n) is 0.597. The molecule has 0 aliphatic rings. The molecule has 0 bridgehead atoms. The normalized spacial score (nSPS) is 8.45. The molecule has 0 unspecified atom stereocenters. The van der Waals surface area contributed by atoms with Crippen molar-refractivity contribution in [2.75, 3.05) is 5.75 Å². The highest BCUT2D eigenvalue weighted by Gasteiger charge is 1.91. The lowest BCUT2D eigenvalue weighted by Crippen LogP contribution is -1.73. The van der Waals surface area contributed by atoms with Crippen LogP contribution in [0.3, 0.4) is 0 Å². The van der Waals surface area contributed by atoms with Crippen molar-refractivity contribution < 1.29 is 4.42 Å². The monoisotopic (exact) mass is 206 g/mol. The van der Waals surface area contributed by atoms with Crippen molar-refractivity contribution in [2.24, 2.45) is 0 Å². The topological polar surface area (TPSA) is 13.1 Å². The van der Waals surface area contributed by atoms with Gasteiger partial charge in [-0.2, -0.15) is 11.8 Å². The second-order valence-corrected chi connectivity index (χ2v) is 2.99. The molecule has 0 atom stereocenters. The first-order valence-electron chi connectivity index (χ1n) is 3.24. The zero-order valence-electron chi connectivity index (χ0n) is 6.37. The Kier molecular flexibility index (Phi) is 8.36. The molecule has 1 heterocycles. The summed E-state index contributed by atoms with van der Waals surface area (Å²) in [5, 5.41) is 0. The number of hydrogen-bond donors (Lipinski definition) is 0. The number of rotatable bonds is 3. The van der Waals surface area contributed by atoms with Crippen molar-refractivity contribution in [3.63, 3.8) is 0 Å². The number of hydrogen-bond acceptors (Lipinski definition) is 3. The lowest BCUT2D eigenvalue weighted by Gasteiger charge is -1.90. The molecule has 0 aliphatic carbocycles. The minimum Gasteiger partial charge on any atom is -0.468 e. The SMILES string of the molecule is CCSCc1ccco1.P=S. The van der Waals surface area contributed by atoms with Gasteiger partial charge in [0.25, 0.3) is 0 Å². The van der Waals surface area contributed by atoms with E-state index < -0.39 is 0 Å². The molecule has 11 heavy (non-hydrogen) atoms. The second kappa shape index (κ2) is 8.25. The van der Waals surface area contributed by atoms with Crippen LogP contribution in [0, 0.1) is 0 Å². The van der Waals surface area contributed by atoms with E-state index in [1.165, 1.54) is 0 Å². The minimum atomic E-state index is 1.00. The summed E-state index contributed by atoms with van der Waals surface area (Å²) >= 11 is 5.76. The Morgan fingerprint density at radius 3 is 2.82 bits per heavy atom. The Labute approximate surface area is 78.8 Å². The summed E-state index contributed by atoms with van der Waals surface area (Å²) in [4.78, 5) is 0. The van der Waals surface area contributed by atoms with Crippen LogP contribution >= 0.6 is 19.8 Å². The molecule has 1 rings (SSSR count). The Morgan fingerprint density at radius 2 is 2.36 bits per heavy atom. The van der Waals surface area contributed by atoms with Crippen LogP contribution in [0.4, 0.5) is 0 Å². The van der Waals surface area contributed by atoms with Crippen LogP contribution in [0.15, 0.2) is 22.8 Å². The number of thioether (sulfide) groups is 1. The molecule has 0 N–H and O–H groups in total. The average Bonchev–Trinajstić information content (AvgIpc) is 2.57. The maximum absolute atomic E-state index is 5.11. The third-order valence-electron chi connectivity index (χ3n) is 1.03. The van der Waals surface area contributed by atoms with Crippen LogP contribution in [-0.2, 0) is 17.6 Å². The van der Waals surface area contributed by atoms with Crippen LogP contribution in [0.1, 0.15) is 12.7 Å². The molecule has 0 saturated carbocycles. The highest BCUT2D eigenvalue weighted by atomic mass is 32.4. The predicted molar refractivity (Wildman–Crippen MR) is 56.2 cm³/mol. The zero-order chi connectivity index (χ0) is 8.53. The Bertz CT molecular complexity index is 165. The van der Waals surface area contributed by atoms with Crippen LogP contribution in [0.5, 0.6) is 0 Å². The quantitative estimate of drug-likeness (QED) is 0.705. The van der Waals surface area contributed by atoms with Crippen molar-refractivity contribution in [3.05, 3.63) is 24.2 Å². The van der Waals surface area contributed by atoms with Gasteiger partial charge in [-0.15, -0.1) is 0 Å². The maximum Gasteiger partial charge on any atom is 0.113 e. The maximum atomic E-state index is 5.11. The summed E-state index contributed by atoms with van der Waals surface area (Å²) in [6, 6.07) is 3.92. The van der Waals surface area contributed by atoms with Gasteiger partial charge >= 0.3 is 0 Å². The first-order valence-corrected chi connectivity index (χ1v) is 6.02. The van der Waals surface area contributed by atoms with Gasteiger partial charge in [-0.1, -0.05) is 18.7 Å². The molecule has 0 saturated heterocycles. The smallest absolute Gasteiger partial charge is 0.113 e. The highest BCUT2D eigenvalue weighted by Crippen LogP contribution is 2.10. The van der Waals surface area contributed by atoms with E-state index in [1.54, 1.807) is 6.26 Å². The van der Waals surface area contributed by atoms with Crippen molar-refractivity contribution >= 4 is 31.6 Å². The van der Waals surface area contributed by atoms with Gasteiger partial charge in [-0.25, -0.2) is 0 Å². The molecule has 0 fully saturated rings. The van der Waals surface area contributed by atoms with E-state index in [-0.39, 0.29) is 0 Å². The summed E-state index contributed by atoms with van der Waals surface area (Å²) in [5.41, 5.74) is 0. The standard InChI is InChI=1S/C7H10OS.HPS/c1-2-9-6-7-4-3-5-8-7;1-2/h3-5H,2,6H2,1H3;1H. The summed E-state index contributed by atoms with van der Waals surface area (Å²) in [6.45, 7) is 2.15. The van der Waals surface area contributed by atoms with E-state index in [2.05, 4.69) is 26.7 Å². The molecule has 0 aliphatic heterocycles. The number of furan rings is 1. The van der Waals surface area contributed by atoms with Crippen molar-refractivity contribution in [1.29, 1.82) is 0 Å². The van der Waals surface area contributed by atoms with Crippen molar-refractivity contribution in [2.45, 2.75) is 12.7 Å². The molecule has 1 aromatic rings. The summed E-state index contributed by atoms with van der Waals surface area (Å²) in [6.07, 6.45) is 1.71. The summed E-state index contributed by atoms with van der Waals surface area (Å²) in [5.74, 6) is 3.23. The molecule has 0 spiro atoms. The summed E-state index contributed by atoms with van der Waals surface area (Å²) < 4.78 is 5.11. The van der Waals surface area contributed by atoms with E-state index in [0.29, 0.717) is 0 Å². The Balaban J connectivity index is 0.000000461. The highest BCUT2D eigenvalue weighted by molar-refractivity contribution is 7.98. The van der Waals surface area contributed by atoms with Crippen LogP contribution in [0.2, 0.25) is 0 Å². The van der Waals surface area contributed by atoms with Crippen LogP contribution in [0.25, 0.3) is 0 Å². The first kappa shape index (κ1) is 11.2. The third kappa shape index (κ3) is 5.42. The van der Waals surface area contributed by atoms with Gasteiger partial charge in [0.1, 0.15) is 5.76 Å². The van der Waals surface area contributed by atoms with Crippen molar-refractivity contribution in [1.82, 2.24) is 0 Å². The largest absolute Gasteiger partial charge is 0.468 e. The fraction of sp³-hybridized carbons (Fsp3) is 0.429. The van der Waals surface area contributed by atoms with Gasteiger partial charge < -0.3 is 4.42 Å². The van der Waals surface area contributed by atoms with E-state index in [0.717, 1.165) is 17.3 Å². The van der Waals surface area contributed by atoms with Gasteiger partial charge in [0.15, 0.2) is 0 Å². The molecule has 1 nitrogen and oxygen atoms in total. The molecule has 62 valence electrons. The van der Waals surface area contributed by atoms with Gasteiger partial charge in [-0.3, -0.25) is 0 Å². The van der Waals surface area contributed by atoms with Gasteiger partial charge in [0, 0.05) is 0 Å². The minimum absolute atomic E-state index is 1.00. The van der Waals surface area contributed by atoms with E-state index in [1.807, 2.05) is 23.9 Å². The van der Waals surface area contributed by atoms with Crippen LogP contribution in [-0.4, -0.2) is 5.75 Å². The van der Waals surface area contributed by atoms with Gasteiger partial charge in [0.2, 0.25) is 0 Å². The molecule has 0 aromatic carbocycles.